The van der Waals surface area contributed by atoms with Gasteiger partial charge in [0.1, 0.15) is 8.24 Å². The van der Waals surface area contributed by atoms with E-state index in [1.807, 2.05) is 24.3 Å². The van der Waals surface area contributed by atoms with Gasteiger partial charge in [-0.15, -0.1) is 0 Å². The number of rotatable bonds is 4. The molecule has 2 rings (SSSR count). The van der Waals surface area contributed by atoms with E-state index in [9.17, 15) is 8.42 Å². The highest BCUT2D eigenvalue weighted by atomic mass is 35.5. The molecule has 1 aliphatic rings. The Balaban J connectivity index is 2.14. The third kappa shape index (κ3) is 3.70. The highest BCUT2D eigenvalue weighted by Gasteiger charge is 2.51. The van der Waals surface area contributed by atoms with E-state index in [-0.39, 0.29) is 16.2 Å². The Bertz CT molecular complexity index is 637. The van der Waals surface area contributed by atoms with E-state index >= 15 is 0 Å². The summed E-state index contributed by atoms with van der Waals surface area (Å²) in [5.41, 5.74) is 1.02. The maximum absolute atomic E-state index is 12.6. The van der Waals surface area contributed by atoms with E-state index in [4.69, 9.17) is 11.6 Å². The lowest BCUT2D eigenvalue weighted by molar-refractivity contribution is 0.587. The van der Waals surface area contributed by atoms with Crippen molar-refractivity contribution in [3.8, 4) is 0 Å². The van der Waals surface area contributed by atoms with Crippen molar-refractivity contribution in [1.29, 1.82) is 0 Å². The normalized spacial score (nSPS) is 23.1. The second-order valence-electron chi connectivity index (χ2n) is 7.46. The van der Waals surface area contributed by atoms with Crippen molar-refractivity contribution in [3.63, 3.8) is 0 Å². The molecular formula is C15H24ClNO2SSi. The van der Waals surface area contributed by atoms with Gasteiger partial charge in [0.25, 0.3) is 0 Å². The molecule has 118 valence electrons. The van der Waals surface area contributed by atoms with E-state index in [0.29, 0.717) is 11.4 Å². The van der Waals surface area contributed by atoms with Gasteiger partial charge in [-0.3, -0.25) is 0 Å². The van der Waals surface area contributed by atoms with Gasteiger partial charge < -0.3 is 0 Å². The van der Waals surface area contributed by atoms with Crippen LogP contribution in [0.2, 0.25) is 23.2 Å². The SMILES string of the molecule is CC(C)(C)[Si](C)(C)NS(=O)(=O)[C@H]1C[C@H]1c1cccc(Cl)c1. The number of hydrogen-bond acceptors (Lipinski definition) is 2. The Hall–Kier alpha value is -0.363. The van der Waals surface area contributed by atoms with Crippen molar-refractivity contribution in [2.45, 2.75) is 56.5 Å². The topological polar surface area (TPSA) is 46.2 Å². The molecule has 0 heterocycles. The third-order valence-corrected chi connectivity index (χ3v) is 13.2. The lowest BCUT2D eigenvalue weighted by atomic mass is 10.1. The van der Waals surface area contributed by atoms with E-state index in [1.165, 1.54) is 0 Å². The molecular weight excluding hydrogens is 322 g/mol. The third-order valence-electron chi connectivity index (χ3n) is 4.68. The van der Waals surface area contributed by atoms with Crippen LogP contribution < -0.4 is 4.39 Å². The summed E-state index contributed by atoms with van der Waals surface area (Å²) in [5, 5.41) is 0.332. The average molecular weight is 346 g/mol. The Kier molecular flexibility index (Phi) is 4.35. The second kappa shape index (κ2) is 5.37. The van der Waals surface area contributed by atoms with Gasteiger partial charge in [0.15, 0.2) is 0 Å². The van der Waals surface area contributed by atoms with Crippen LogP contribution in [0.4, 0.5) is 0 Å². The monoisotopic (exact) mass is 345 g/mol. The Morgan fingerprint density at radius 1 is 1.29 bits per heavy atom. The molecule has 1 saturated carbocycles. The average Bonchev–Trinajstić information content (AvgIpc) is 3.06. The number of nitrogens with one attached hydrogen (secondary N) is 1. The summed E-state index contributed by atoms with van der Waals surface area (Å²) in [6.07, 6.45) is 0.685. The molecule has 0 unspecified atom stereocenters. The molecule has 1 aromatic carbocycles. The number of benzene rings is 1. The fourth-order valence-corrected chi connectivity index (χ4v) is 8.11. The van der Waals surface area contributed by atoms with Crippen LogP contribution in [0.15, 0.2) is 24.3 Å². The van der Waals surface area contributed by atoms with E-state index in [2.05, 4.69) is 38.3 Å². The van der Waals surface area contributed by atoms with Gasteiger partial charge in [-0.25, -0.2) is 12.8 Å². The molecule has 0 aromatic heterocycles. The quantitative estimate of drug-likeness (QED) is 0.834. The lowest BCUT2D eigenvalue weighted by Crippen LogP contribution is -2.55. The van der Waals surface area contributed by atoms with Crippen molar-refractivity contribution in [3.05, 3.63) is 34.9 Å². The molecule has 1 fully saturated rings. The maximum Gasteiger partial charge on any atom is 0.209 e. The molecule has 21 heavy (non-hydrogen) atoms. The standard InChI is InChI=1S/C15H24ClNO2SSi/c1-15(2,3)21(4,5)17-20(18,19)14-10-13(14)11-7-6-8-12(16)9-11/h6-9,13-14,17H,10H2,1-5H3/t13-,14-/m0/s1. The molecule has 0 spiro atoms. The molecule has 0 bridgehead atoms. The molecule has 3 nitrogen and oxygen atoms in total. The van der Waals surface area contributed by atoms with Crippen molar-refractivity contribution < 1.29 is 8.42 Å². The summed E-state index contributed by atoms with van der Waals surface area (Å²) < 4.78 is 28.3. The first-order chi connectivity index (χ1) is 9.44. The number of hydrogen-bond donors (Lipinski definition) is 1. The van der Waals surface area contributed by atoms with Gasteiger partial charge in [-0.05, 0) is 29.2 Å². The zero-order valence-electron chi connectivity index (χ0n) is 13.3. The largest absolute Gasteiger partial charge is 0.237 e. The van der Waals surface area contributed by atoms with Gasteiger partial charge in [0.05, 0.1) is 5.25 Å². The molecule has 1 N–H and O–H groups in total. The maximum atomic E-state index is 12.6. The fourth-order valence-electron chi connectivity index (χ4n) is 2.19. The molecule has 2 atom stereocenters. The van der Waals surface area contributed by atoms with Crippen molar-refractivity contribution in [2.24, 2.45) is 0 Å². The number of halogens is 1. The van der Waals surface area contributed by atoms with Crippen molar-refractivity contribution in [1.82, 2.24) is 4.39 Å². The van der Waals surface area contributed by atoms with Gasteiger partial charge >= 0.3 is 0 Å². The predicted octanol–water partition coefficient (Wildman–Crippen LogP) is 4.12. The lowest BCUT2D eigenvalue weighted by Gasteiger charge is -2.36. The van der Waals surface area contributed by atoms with Gasteiger partial charge in [0, 0.05) is 10.9 Å². The summed E-state index contributed by atoms with van der Waals surface area (Å²) in [5.74, 6) is 0.0750. The molecule has 0 aliphatic heterocycles. The molecule has 0 saturated heterocycles. The fraction of sp³-hybridized carbons (Fsp3) is 0.600. The van der Waals surface area contributed by atoms with Crippen LogP contribution in [0.1, 0.15) is 38.7 Å². The first-order valence-electron chi connectivity index (χ1n) is 7.22. The van der Waals surface area contributed by atoms with Gasteiger partial charge in [0.2, 0.25) is 10.0 Å². The van der Waals surface area contributed by atoms with Crippen LogP contribution in [-0.4, -0.2) is 21.9 Å². The van der Waals surface area contributed by atoms with Crippen LogP contribution >= 0.6 is 11.6 Å². The first-order valence-corrected chi connectivity index (χ1v) is 12.1. The smallest absolute Gasteiger partial charge is 0.209 e. The Morgan fingerprint density at radius 2 is 1.90 bits per heavy atom. The van der Waals surface area contributed by atoms with E-state index in [0.717, 1.165) is 5.56 Å². The van der Waals surface area contributed by atoms with Crippen molar-refractivity contribution in [2.75, 3.05) is 0 Å². The minimum atomic E-state index is -3.27. The van der Waals surface area contributed by atoms with Gasteiger partial charge in [-0.2, -0.15) is 0 Å². The summed E-state index contributed by atoms with van der Waals surface area (Å²) in [4.78, 5) is 0. The molecule has 0 radical (unpaired) electrons. The predicted molar refractivity (Wildman–Crippen MR) is 91.9 cm³/mol. The molecule has 1 aliphatic carbocycles. The summed E-state index contributed by atoms with van der Waals surface area (Å²) in [6.45, 7) is 10.4. The summed E-state index contributed by atoms with van der Waals surface area (Å²) >= 11 is 5.99. The highest BCUT2D eigenvalue weighted by Crippen LogP contribution is 2.47. The second-order valence-corrected chi connectivity index (χ2v) is 15.2. The molecule has 6 heteroatoms. The first kappa shape index (κ1) is 17.0. The van der Waals surface area contributed by atoms with E-state index in [1.54, 1.807) is 0 Å². The van der Waals surface area contributed by atoms with Crippen LogP contribution in [-0.2, 0) is 10.0 Å². The molecule has 1 aromatic rings. The van der Waals surface area contributed by atoms with Crippen LogP contribution in [0, 0.1) is 0 Å². The number of sulfonamides is 1. The van der Waals surface area contributed by atoms with Crippen LogP contribution in [0.3, 0.4) is 0 Å². The minimum absolute atomic E-state index is 0.0134. The van der Waals surface area contributed by atoms with Gasteiger partial charge in [-0.1, -0.05) is 57.6 Å². The minimum Gasteiger partial charge on any atom is -0.237 e. The molecule has 0 amide bonds. The zero-order valence-corrected chi connectivity index (χ0v) is 15.8. The Morgan fingerprint density at radius 3 is 2.43 bits per heavy atom. The van der Waals surface area contributed by atoms with E-state index < -0.39 is 18.3 Å². The zero-order chi connectivity index (χ0) is 16.1. The van der Waals surface area contributed by atoms with Crippen molar-refractivity contribution >= 4 is 29.9 Å². The summed E-state index contributed by atoms with van der Waals surface area (Å²) in [6, 6.07) is 7.51. The highest BCUT2D eigenvalue weighted by molar-refractivity contribution is 7.91. The van der Waals surface area contributed by atoms with Crippen LogP contribution in [0.5, 0.6) is 0 Å². The van der Waals surface area contributed by atoms with Crippen LogP contribution in [0.25, 0.3) is 0 Å². The Labute approximate surface area is 134 Å². The summed E-state index contributed by atoms with van der Waals surface area (Å²) in [7, 11) is -5.34.